The van der Waals surface area contributed by atoms with E-state index < -0.39 is 30.5 Å². The Bertz CT molecular complexity index is 257. The maximum absolute atomic E-state index is 8.25. The van der Waals surface area contributed by atoms with Crippen molar-refractivity contribution in [2.45, 2.75) is 0 Å². The van der Waals surface area contributed by atoms with E-state index in [-0.39, 0.29) is 21.1 Å². The van der Waals surface area contributed by atoms with Crippen molar-refractivity contribution in [3.63, 3.8) is 0 Å². The first kappa shape index (κ1) is 42.8. The molecule has 0 bridgehead atoms. The SMILES string of the molecule is O=[N+]([O-])[O-].O=[N+]([O-])[O-].O=[N+]([O-])[O-].O=[N+]([O-])[O-].O=[N+]([O-])[O-].O=[N+]([O-])[O-].[W]. The van der Waals surface area contributed by atoms with E-state index >= 15 is 0 Å². The molecule has 0 saturated carbocycles. The zero-order valence-electron chi connectivity index (χ0n) is 10.4. The Morgan fingerprint density at radius 3 is 0.280 bits per heavy atom. The second-order valence-electron chi connectivity index (χ2n) is 1.34. The molecule has 25 heteroatoms. The molecule has 0 aromatic rings. The summed E-state index contributed by atoms with van der Waals surface area (Å²) in [5.74, 6) is 0. The third kappa shape index (κ3) is 376. The first-order valence-corrected chi connectivity index (χ1v) is 3.29. The van der Waals surface area contributed by atoms with Crippen LogP contribution >= 0.6 is 0 Å². The molecule has 0 amide bonds. The van der Waals surface area contributed by atoms with E-state index in [0.717, 1.165) is 0 Å². The molecular formula is N6O18W-6. The minimum Gasteiger partial charge on any atom is -0.356 e. The Kier molecular flexibility index (Phi) is 63.0. The van der Waals surface area contributed by atoms with Crippen LogP contribution in [0.15, 0.2) is 0 Å². The summed E-state index contributed by atoms with van der Waals surface area (Å²) in [6.07, 6.45) is 0. The molecule has 24 nitrogen and oxygen atoms in total. The van der Waals surface area contributed by atoms with Crippen LogP contribution < -0.4 is 0 Å². The minimum atomic E-state index is -1.75. The van der Waals surface area contributed by atoms with Gasteiger partial charge in [0.15, 0.2) is 0 Å². The van der Waals surface area contributed by atoms with Crippen LogP contribution in [0.4, 0.5) is 0 Å². The van der Waals surface area contributed by atoms with Gasteiger partial charge in [-0.05, 0) is 0 Å². The molecule has 0 aromatic heterocycles. The summed E-state index contributed by atoms with van der Waals surface area (Å²) in [6, 6.07) is 0. The molecule has 0 heterocycles. The van der Waals surface area contributed by atoms with E-state index in [2.05, 4.69) is 0 Å². The number of hydrogen-bond acceptors (Lipinski definition) is 18. The van der Waals surface area contributed by atoms with E-state index in [1.165, 1.54) is 0 Å². The first-order valence-electron chi connectivity index (χ1n) is 3.29. The van der Waals surface area contributed by atoms with Crippen molar-refractivity contribution in [1.29, 1.82) is 0 Å². The van der Waals surface area contributed by atoms with Gasteiger partial charge in [-0.1, -0.05) is 0 Å². The Hall–Kier alpha value is -4.11. The second kappa shape index (κ2) is 36.8. The van der Waals surface area contributed by atoms with Crippen molar-refractivity contribution in [1.82, 2.24) is 0 Å². The van der Waals surface area contributed by atoms with E-state index in [0.29, 0.717) is 0 Å². The molecule has 0 aliphatic carbocycles. The molecule has 0 fully saturated rings. The smallest absolute Gasteiger partial charge is 0.0689 e. The minimum absolute atomic E-state index is 0. The predicted molar refractivity (Wildman–Crippen MR) is 62.2 cm³/mol. The van der Waals surface area contributed by atoms with E-state index in [1.807, 2.05) is 0 Å². The van der Waals surface area contributed by atoms with Gasteiger partial charge in [-0.15, -0.1) is 0 Å². The van der Waals surface area contributed by atoms with Gasteiger partial charge in [0.05, 0.1) is 30.5 Å². The number of rotatable bonds is 0. The van der Waals surface area contributed by atoms with Crippen molar-refractivity contribution < 1.29 is 51.6 Å². The van der Waals surface area contributed by atoms with Crippen molar-refractivity contribution in [2.75, 3.05) is 0 Å². The zero-order valence-corrected chi connectivity index (χ0v) is 13.4. The summed E-state index contributed by atoms with van der Waals surface area (Å²) in [5, 5.41) is 88.5. The molecule has 0 radical (unpaired) electrons. The fourth-order valence-corrected chi connectivity index (χ4v) is 0. The van der Waals surface area contributed by atoms with Crippen LogP contribution in [0.25, 0.3) is 0 Å². The van der Waals surface area contributed by atoms with Gasteiger partial charge < -0.3 is 91.9 Å². The van der Waals surface area contributed by atoms with Crippen molar-refractivity contribution in [3.8, 4) is 0 Å². The van der Waals surface area contributed by atoms with Crippen LogP contribution in [0.3, 0.4) is 0 Å². The van der Waals surface area contributed by atoms with Crippen LogP contribution in [-0.2, 0) is 21.1 Å². The first-order chi connectivity index (χ1) is 10.4. The van der Waals surface area contributed by atoms with Gasteiger partial charge in [-0.2, -0.15) is 0 Å². The Morgan fingerprint density at radius 1 is 0.280 bits per heavy atom. The largest absolute Gasteiger partial charge is 0.356 e. The summed E-state index contributed by atoms with van der Waals surface area (Å²) < 4.78 is 0. The van der Waals surface area contributed by atoms with Crippen LogP contribution in [0.1, 0.15) is 0 Å². The van der Waals surface area contributed by atoms with Gasteiger partial charge in [0.2, 0.25) is 0 Å². The summed E-state index contributed by atoms with van der Waals surface area (Å²) in [6.45, 7) is 0. The topological polar surface area (TPSA) is 397 Å². The van der Waals surface area contributed by atoms with Gasteiger partial charge in [-0.3, -0.25) is 0 Å². The molecule has 0 unspecified atom stereocenters. The molecule has 0 aliphatic heterocycles. The third-order valence-corrected chi connectivity index (χ3v) is 0. The monoisotopic (exact) mass is 556 g/mol. The van der Waals surface area contributed by atoms with Crippen LogP contribution in [0, 0.1) is 91.9 Å². The molecule has 0 saturated heterocycles. The summed E-state index contributed by atoms with van der Waals surface area (Å²) >= 11 is 0. The maximum atomic E-state index is 8.25. The van der Waals surface area contributed by atoms with Gasteiger partial charge in [0.25, 0.3) is 0 Å². The van der Waals surface area contributed by atoms with Crippen LogP contribution in [0.2, 0.25) is 0 Å². The number of nitrogens with zero attached hydrogens (tertiary/aromatic N) is 6. The number of hydrogen-bond donors (Lipinski definition) is 0. The Labute approximate surface area is 144 Å². The summed E-state index contributed by atoms with van der Waals surface area (Å²) in [7, 11) is 0. The summed E-state index contributed by atoms with van der Waals surface area (Å²) in [4.78, 5) is 49.5. The average Bonchev–Trinajstić information content (AvgIpc) is 2.08. The molecule has 0 aliphatic rings. The van der Waals surface area contributed by atoms with Crippen LogP contribution in [-0.4, -0.2) is 30.5 Å². The summed E-state index contributed by atoms with van der Waals surface area (Å²) in [5.41, 5.74) is 0. The van der Waals surface area contributed by atoms with Gasteiger partial charge in [-0.25, -0.2) is 0 Å². The van der Waals surface area contributed by atoms with Crippen molar-refractivity contribution >= 4 is 0 Å². The van der Waals surface area contributed by atoms with Crippen molar-refractivity contribution in [2.24, 2.45) is 0 Å². The molecule has 0 atom stereocenters. The third-order valence-electron chi connectivity index (χ3n) is 0. The fraction of sp³-hybridized carbons (Fsp3) is 0. The molecule has 0 aromatic carbocycles. The molecule has 0 spiro atoms. The quantitative estimate of drug-likeness (QED) is 0.243. The van der Waals surface area contributed by atoms with Gasteiger partial charge >= 0.3 is 0 Å². The Morgan fingerprint density at radius 2 is 0.280 bits per heavy atom. The second-order valence-corrected chi connectivity index (χ2v) is 1.34. The Balaban J connectivity index is -0.0000000309. The average molecular weight is 556 g/mol. The van der Waals surface area contributed by atoms with Gasteiger partial charge in [0, 0.05) is 21.1 Å². The van der Waals surface area contributed by atoms with E-state index in [9.17, 15) is 0 Å². The van der Waals surface area contributed by atoms with Gasteiger partial charge in [0.1, 0.15) is 0 Å². The van der Waals surface area contributed by atoms with E-state index in [4.69, 9.17) is 91.9 Å². The molecule has 150 valence electrons. The molecular weight excluding hydrogens is 556 g/mol. The predicted octanol–water partition coefficient (Wildman–Crippen LogP) is -1.44. The molecule has 0 rings (SSSR count). The normalized spacial score (nSPS) is 5.76. The van der Waals surface area contributed by atoms with Crippen LogP contribution in [0.5, 0.6) is 0 Å². The zero-order chi connectivity index (χ0) is 21.5. The standard InChI is InChI=1S/6NO3.W/c6*2-1(3)4;/q6*-1;. The molecule has 25 heavy (non-hydrogen) atoms. The molecule has 0 N–H and O–H groups in total. The maximum Gasteiger partial charge on any atom is 0.0689 e. The van der Waals surface area contributed by atoms with Crippen molar-refractivity contribution in [3.05, 3.63) is 91.9 Å². The van der Waals surface area contributed by atoms with E-state index in [1.54, 1.807) is 0 Å². The fourth-order valence-electron chi connectivity index (χ4n) is 0.